The second-order valence-corrected chi connectivity index (χ2v) is 4.60. The summed E-state index contributed by atoms with van der Waals surface area (Å²) in [5, 5.41) is 0.736. The van der Waals surface area contributed by atoms with Gasteiger partial charge in [0.15, 0.2) is 0 Å². The Morgan fingerprint density at radius 3 is 2.60 bits per heavy atom. The molecule has 10 heavy (non-hydrogen) atoms. The summed E-state index contributed by atoms with van der Waals surface area (Å²) in [5.74, 6) is 0. The fourth-order valence-electron chi connectivity index (χ4n) is 0.542. The van der Waals surface area contributed by atoms with Crippen LogP contribution in [0.15, 0.2) is 21.5 Å². The molecule has 0 spiro atoms. The first-order valence-corrected chi connectivity index (χ1v) is 5.14. The summed E-state index contributed by atoms with van der Waals surface area (Å²) in [7, 11) is 0. The van der Waals surface area contributed by atoms with Gasteiger partial charge in [-0.1, -0.05) is 27.5 Å². The van der Waals surface area contributed by atoms with Gasteiger partial charge in [-0.05, 0) is 34.7 Å². The highest BCUT2D eigenvalue weighted by molar-refractivity contribution is 14.1. The van der Waals surface area contributed by atoms with Gasteiger partial charge in [0.25, 0.3) is 0 Å². The van der Waals surface area contributed by atoms with E-state index in [4.69, 9.17) is 11.6 Å². The summed E-state index contributed by atoms with van der Waals surface area (Å²) in [6, 6.07) is 3.76. The minimum atomic E-state index is 0.736. The fraction of sp³-hybridized carbons (Fsp3) is 0. The van der Waals surface area contributed by atoms with Crippen LogP contribution in [0.5, 0.6) is 0 Å². The molecule has 0 amide bonds. The molecule has 0 nitrogen and oxygen atoms in total. The molecule has 4 heteroatoms. The van der Waals surface area contributed by atoms with Crippen molar-refractivity contribution in [3.05, 3.63) is 25.2 Å². The Morgan fingerprint density at radius 1 is 1.50 bits per heavy atom. The van der Waals surface area contributed by atoms with E-state index in [2.05, 4.69) is 51.1 Å². The van der Waals surface area contributed by atoms with Crippen molar-refractivity contribution in [3.63, 3.8) is 0 Å². The van der Waals surface area contributed by atoms with Gasteiger partial charge in [-0.3, -0.25) is 0 Å². The largest absolute Gasteiger partial charge is 0.142 e. The van der Waals surface area contributed by atoms with Gasteiger partial charge < -0.3 is 0 Å². The Labute approximate surface area is 92.0 Å². The fourth-order valence-corrected chi connectivity index (χ4v) is 2.17. The van der Waals surface area contributed by atoms with Crippen molar-refractivity contribution in [1.29, 1.82) is 0 Å². The minimum Gasteiger partial charge on any atom is -0.142 e. The quantitative estimate of drug-likeness (QED) is 0.409. The molecule has 0 saturated heterocycles. The highest BCUT2D eigenvalue weighted by Crippen LogP contribution is 2.28. The van der Waals surface area contributed by atoms with Crippen molar-refractivity contribution in [1.82, 2.24) is 0 Å². The Morgan fingerprint density at radius 2 is 2.10 bits per heavy atom. The molecule has 0 aliphatic rings. The molecule has 0 heterocycles. The van der Waals surface area contributed by atoms with Crippen molar-refractivity contribution in [2.75, 3.05) is 0 Å². The van der Waals surface area contributed by atoms with Gasteiger partial charge >= 0.3 is 0 Å². The third-order valence-corrected chi connectivity index (χ3v) is 3.99. The Bertz CT molecular complexity index is 241. The average molecular weight is 349 g/mol. The van der Waals surface area contributed by atoms with Crippen LogP contribution < -0.4 is 0 Å². The molecule has 0 aliphatic heterocycles. The van der Waals surface area contributed by atoms with Crippen molar-refractivity contribution in [2.24, 2.45) is 0 Å². The highest BCUT2D eigenvalue weighted by Gasteiger charge is 2.01. The zero-order valence-corrected chi connectivity index (χ0v) is 10.1. The smallest absolute Gasteiger partial charge is 0.0561 e. The van der Waals surface area contributed by atoms with E-state index in [1.807, 2.05) is 12.1 Å². The van der Waals surface area contributed by atoms with Crippen molar-refractivity contribution >= 4 is 62.8 Å². The van der Waals surface area contributed by atoms with Crippen LogP contribution in [0.4, 0.5) is 0 Å². The van der Waals surface area contributed by atoms with Crippen LogP contribution in [0, 0.1) is 3.57 Å². The van der Waals surface area contributed by atoms with Gasteiger partial charge in [0, 0.05) is 12.9 Å². The van der Waals surface area contributed by atoms with Crippen LogP contribution in [-0.4, -0.2) is 0 Å². The van der Waals surface area contributed by atoms with E-state index in [-0.39, 0.29) is 0 Å². The van der Waals surface area contributed by atoms with E-state index in [1.54, 1.807) is 0 Å². The Balaban J connectivity index is 3.31. The van der Waals surface area contributed by atoms with Gasteiger partial charge in [0.1, 0.15) is 0 Å². The van der Waals surface area contributed by atoms with Crippen molar-refractivity contribution < 1.29 is 0 Å². The molecule has 0 saturated carbocycles. The number of thiol groups is 1. The molecule has 0 unspecified atom stereocenters. The lowest BCUT2D eigenvalue weighted by Gasteiger charge is -1.99. The molecule has 0 aliphatic carbocycles. The lowest BCUT2D eigenvalue weighted by molar-refractivity contribution is 1.39. The van der Waals surface area contributed by atoms with E-state index >= 15 is 0 Å². The van der Waals surface area contributed by atoms with E-state index in [0.29, 0.717) is 0 Å². The van der Waals surface area contributed by atoms with Crippen LogP contribution in [0.1, 0.15) is 0 Å². The number of hydrogen-bond donors (Lipinski definition) is 1. The molecule has 0 atom stereocenters. The molecule has 0 N–H and O–H groups in total. The molecule has 1 rings (SSSR count). The third kappa shape index (κ3) is 2.03. The first kappa shape index (κ1) is 9.16. The molecular formula is C6H3BrClIS. The summed E-state index contributed by atoms with van der Waals surface area (Å²) in [6.45, 7) is 0. The minimum absolute atomic E-state index is 0.736. The predicted molar refractivity (Wildman–Crippen MR) is 59.1 cm³/mol. The Hall–Kier alpha value is 1.07. The van der Waals surface area contributed by atoms with Crippen LogP contribution >= 0.6 is 62.8 Å². The molecule has 0 aromatic heterocycles. The summed E-state index contributed by atoms with van der Waals surface area (Å²) in [6.07, 6.45) is 0. The SMILES string of the molecule is Sc1cc(Br)cc(Cl)c1I. The normalized spacial score (nSPS) is 10.0. The number of rotatable bonds is 0. The van der Waals surface area contributed by atoms with Gasteiger partial charge in [-0.2, -0.15) is 0 Å². The lowest BCUT2D eigenvalue weighted by atomic mass is 10.4. The highest BCUT2D eigenvalue weighted by atomic mass is 127. The monoisotopic (exact) mass is 348 g/mol. The third-order valence-electron chi connectivity index (χ3n) is 0.974. The average Bonchev–Trinajstić information content (AvgIpc) is 1.82. The van der Waals surface area contributed by atoms with Crippen LogP contribution in [0.2, 0.25) is 5.02 Å². The van der Waals surface area contributed by atoms with Crippen molar-refractivity contribution in [3.8, 4) is 0 Å². The van der Waals surface area contributed by atoms with E-state index in [1.165, 1.54) is 0 Å². The maximum Gasteiger partial charge on any atom is 0.0561 e. The molecule has 0 bridgehead atoms. The van der Waals surface area contributed by atoms with Gasteiger partial charge in [-0.25, -0.2) is 0 Å². The van der Waals surface area contributed by atoms with Crippen LogP contribution in [-0.2, 0) is 0 Å². The second kappa shape index (κ2) is 3.65. The Kier molecular flexibility index (Phi) is 3.34. The summed E-state index contributed by atoms with van der Waals surface area (Å²) in [5.41, 5.74) is 0. The summed E-state index contributed by atoms with van der Waals surface area (Å²) >= 11 is 15.5. The van der Waals surface area contributed by atoms with E-state index < -0.39 is 0 Å². The maximum absolute atomic E-state index is 5.83. The van der Waals surface area contributed by atoms with E-state index in [0.717, 1.165) is 18.0 Å². The zero-order valence-electron chi connectivity index (χ0n) is 4.74. The summed E-state index contributed by atoms with van der Waals surface area (Å²) in [4.78, 5) is 0.903. The number of benzene rings is 1. The van der Waals surface area contributed by atoms with Gasteiger partial charge in [0.05, 0.1) is 5.02 Å². The molecule has 1 aromatic rings. The topological polar surface area (TPSA) is 0 Å². The molecule has 54 valence electrons. The standard InChI is InChI=1S/C6H3BrClIS/c7-3-1-4(8)6(9)5(10)2-3/h1-2,10H. The molecular weight excluding hydrogens is 346 g/mol. The molecule has 0 radical (unpaired) electrons. The van der Waals surface area contributed by atoms with Crippen LogP contribution in [0.3, 0.4) is 0 Å². The van der Waals surface area contributed by atoms with Crippen LogP contribution in [0.25, 0.3) is 0 Å². The maximum atomic E-state index is 5.83. The number of halogens is 3. The predicted octanol–water partition coefficient (Wildman–Crippen LogP) is 4.00. The van der Waals surface area contributed by atoms with E-state index in [9.17, 15) is 0 Å². The molecule has 0 fully saturated rings. The lowest BCUT2D eigenvalue weighted by Crippen LogP contribution is -1.77. The number of hydrogen-bond acceptors (Lipinski definition) is 1. The summed E-state index contributed by atoms with van der Waals surface area (Å²) < 4.78 is 1.95. The molecule has 1 aromatic carbocycles. The second-order valence-electron chi connectivity index (χ2n) is 1.72. The van der Waals surface area contributed by atoms with Gasteiger partial charge in [0.2, 0.25) is 0 Å². The van der Waals surface area contributed by atoms with Gasteiger partial charge in [-0.15, -0.1) is 12.6 Å². The van der Waals surface area contributed by atoms with Crippen molar-refractivity contribution in [2.45, 2.75) is 4.90 Å². The zero-order chi connectivity index (χ0) is 7.72. The first-order chi connectivity index (χ1) is 4.61. The first-order valence-electron chi connectivity index (χ1n) is 2.45.